The standard InChI is InChI=1S/C18H18N2O2/c1-21-17-4-2-13(3-5-17)8-14-9-15-6-7-20(16-11-22-12-16)18(15)19-10-14/h2-7,9-10,16H,8,11-12H2,1H3. The van der Waals surface area contributed by atoms with Crippen LogP contribution in [0.25, 0.3) is 11.0 Å². The number of hydrogen-bond acceptors (Lipinski definition) is 3. The van der Waals surface area contributed by atoms with Gasteiger partial charge in [0.1, 0.15) is 11.4 Å². The molecule has 3 heterocycles. The second-order valence-corrected chi connectivity index (χ2v) is 5.70. The minimum atomic E-state index is 0.442. The largest absolute Gasteiger partial charge is 0.497 e. The normalized spacial score (nSPS) is 15.0. The highest BCUT2D eigenvalue weighted by Crippen LogP contribution is 2.24. The van der Waals surface area contributed by atoms with Crippen molar-refractivity contribution in [3.8, 4) is 5.75 Å². The number of pyridine rings is 1. The van der Waals surface area contributed by atoms with Gasteiger partial charge in [-0.15, -0.1) is 0 Å². The Bertz CT molecular complexity index is 788. The maximum Gasteiger partial charge on any atom is 0.140 e. The number of benzene rings is 1. The molecule has 1 aliphatic heterocycles. The predicted molar refractivity (Wildman–Crippen MR) is 85.4 cm³/mol. The molecule has 0 bridgehead atoms. The lowest BCUT2D eigenvalue weighted by Crippen LogP contribution is -2.30. The van der Waals surface area contributed by atoms with E-state index in [1.54, 1.807) is 7.11 Å². The van der Waals surface area contributed by atoms with Crippen molar-refractivity contribution in [3.05, 3.63) is 59.9 Å². The van der Waals surface area contributed by atoms with E-state index in [0.717, 1.165) is 31.0 Å². The second-order valence-electron chi connectivity index (χ2n) is 5.70. The fourth-order valence-electron chi connectivity index (χ4n) is 2.84. The molecule has 0 spiro atoms. The van der Waals surface area contributed by atoms with E-state index in [2.05, 4.69) is 40.0 Å². The Morgan fingerprint density at radius 1 is 1.18 bits per heavy atom. The molecule has 0 unspecified atom stereocenters. The summed E-state index contributed by atoms with van der Waals surface area (Å²) in [7, 11) is 1.69. The molecule has 4 rings (SSSR count). The van der Waals surface area contributed by atoms with Crippen molar-refractivity contribution in [2.75, 3.05) is 20.3 Å². The van der Waals surface area contributed by atoms with Gasteiger partial charge in [0.25, 0.3) is 0 Å². The van der Waals surface area contributed by atoms with Gasteiger partial charge in [-0.2, -0.15) is 0 Å². The van der Waals surface area contributed by atoms with Crippen LogP contribution in [0.2, 0.25) is 0 Å². The average Bonchev–Trinajstić information content (AvgIpc) is 2.89. The van der Waals surface area contributed by atoms with Crippen LogP contribution < -0.4 is 4.74 Å². The van der Waals surface area contributed by atoms with Gasteiger partial charge >= 0.3 is 0 Å². The molecule has 22 heavy (non-hydrogen) atoms. The summed E-state index contributed by atoms with van der Waals surface area (Å²) in [6.45, 7) is 1.58. The first-order valence-electron chi connectivity index (χ1n) is 7.49. The average molecular weight is 294 g/mol. The summed E-state index contributed by atoms with van der Waals surface area (Å²) in [6.07, 6.45) is 4.97. The summed E-state index contributed by atoms with van der Waals surface area (Å²) in [5.74, 6) is 0.886. The van der Waals surface area contributed by atoms with E-state index in [1.165, 1.54) is 16.5 Å². The Morgan fingerprint density at radius 3 is 2.68 bits per heavy atom. The monoisotopic (exact) mass is 294 g/mol. The summed E-state index contributed by atoms with van der Waals surface area (Å²) in [5, 5.41) is 1.19. The fraction of sp³-hybridized carbons (Fsp3) is 0.278. The third kappa shape index (κ3) is 2.35. The van der Waals surface area contributed by atoms with E-state index in [-0.39, 0.29) is 0 Å². The van der Waals surface area contributed by atoms with Crippen LogP contribution in [0.3, 0.4) is 0 Å². The zero-order valence-corrected chi connectivity index (χ0v) is 12.5. The number of methoxy groups -OCH3 is 1. The molecule has 0 aliphatic carbocycles. The molecule has 3 aromatic rings. The minimum Gasteiger partial charge on any atom is -0.497 e. The quantitative estimate of drug-likeness (QED) is 0.741. The Morgan fingerprint density at radius 2 is 2.00 bits per heavy atom. The van der Waals surface area contributed by atoms with Crippen LogP contribution in [0.4, 0.5) is 0 Å². The molecule has 1 fully saturated rings. The Balaban J connectivity index is 1.59. The van der Waals surface area contributed by atoms with Crippen LogP contribution in [0.5, 0.6) is 5.75 Å². The van der Waals surface area contributed by atoms with Gasteiger partial charge in [0, 0.05) is 17.8 Å². The number of hydrogen-bond donors (Lipinski definition) is 0. The van der Waals surface area contributed by atoms with Gasteiger partial charge in [-0.3, -0.25) is 0 Å². The second kappa shape index (κ2) is 5.46. The van der Waals surface area contributed by atoms with E-state index in [9.17, 15) is 0 Å². The van der Waals surface area contributed by atoms with Gasteiger partial charge in [-0.25, -0.2) is 4.98 Å². The third-order valence-corrected chi connectivity index (χ3v) is 4.19. The zero-order chi connectivity index (χ0) is 14.9. The molecule has 0 saturated carbocycles. The van der Waals surface area contributed by atoms with Crippen molar-refractivity contribution >= 4 is 11.0 Å². The molecule has 1 saturated heterocycles. The highest BCUT2D eigenvalue weighted by molar-refractivity contribution is 5.77. The maximum atomic E-state index is 5.27. The number of aromatic nitrogens is 2. The van der Waals surface area contributed by atoms with Crippen LogP contribution >= 0.6 is 0 Å². The lowest BCUT2D eigenvalue weighted by Gasteiger charge is -2.27. The Hall–Kier alpha value is -2.33. The fourth-order valence-corrected chi connectivity index (χ4v) is 2.84. The smallest absolute Gasteiger partial charge is 0.140 e. The summed E-state index contributed by atoms with van der Waals surface area (Å²) in [6, 6.07) is 13.0. The summed E-state index contributed by atoms with van der Waals surface area (Å²) >= 11 is 0. The first-order chi connectivity index (χ1) is 10.8. The maximum absolute atomic E-state index is 5.27. The summed E-state index contributed by atoms with van der Waals surface area (Å²) in [5.41, 5.74) is 3.53. The lowest BCUT2D eigenvalue weighted by atomic mass is 10.1. The predicted octanol–water partition coefficient (Wildman–Crippen LogP) is 3.21. The Labute approximate surface area is 129 Å². The molecular weight excluding hydrogens is 276 g/mol. The first kappa shape index (κ1) is 13.3. The van der Waals surface area contributed by atoms with Crippen molar-refractivity contribution in [1.29, 1.82) is 0 Å². The first-order valence-corrected chi connectivity index (χ1v) is 7.49. The van der Waals surface area contributed by atoms with E-state index >= 15 is 0 Å². The molecule has 4 heteroatoms. The van der Waals surface area contributed by atoms with Crippen molar-refractivity contribution < 1.29 is 9.47 Å². The third-order valence-electron chi connectivity index (χ3n) is 4.19. The van der Waals surface area contributed by atoms with Gasteiger partial charge in [-0.05, 0) is 41.8 Å². The van der Waals surface area contributed by atoms with E-state index in [0.29, 0.717) is 6.04 Å². The SMILES string of the molecule is COc1ccc(Cc2cnc3c(ccn3C3COC3)c2)cc1. The molecule has 0 radical (unpaired) electrons. The molecule has 4 nitrogen and oxygen atoms in total. The molecule has 0 amide bonds. The van der Waals surface area contributed by atoms with E-state index < -0.39 is 0 Å². The van der Waals surface area contributed by atoms with Crippen molar-refractivity contribution in [2.45, 2.75) is 12.5 Å². The van der Waals surface area contributed by atoms with Crippen LogP contribution in [0.1, 0.15) is 17.2 Å². The van der Waals surface area contributed by atoms with Crippen LogP contribution in [-0.4, -0.2) is 29.9 Å². The highest BCUT2D eigenvalue weighted by atomic mass is 16.5. The van der Waals surface area contributed by atoms with Crippen molar-refractivity contribution in [1.82, 2.24) is 9.55 Å². The van der Waals surface area contributed by atoms with Crippen LogP contribution in [0.15, 0.2) is 48.8 Å². The topological polar surface area (TPSA) is 36.3 Å². The molecule has 1 aliphatic rings. The molecule has 2 aromatic heterocycles. The summed E-state index contributed by atoms with van der Waals surface area (Å²) in [4.78, 5) is 4.66. The highest BCUT2D eigenvalue weighted by Gasteiger charge is 2.21. The number of rotatable bonds is 4. The number of ether oxygens (including phenoxy) is 2. The molecule has 112 valence electrons. The van der Waals surface area contributed by atoms with Crippen LogP contribution in [0, 0.1) is 0 Å². The van der Waals surface area contributed by atoms with E-state index in [4.69, 9.17) is 9.47 Å². The zero-order valence-electron chi connectivity index (χ0n) is 12.5. The van der Waals surface area contributed by atoms with Crippen LogP contribution in [-0.2, 0) is 11.2 Å². The minimum absolute atomic E-state index is 0.442. The lowest BCUT2D eigenvalue weighted by molar-refractivity contribution is -0.0216. The van der Waals surface area contributed by atoms with Gasteiger partial charge in [0.2, 0.25) is 0 Å². The summed E-state index contributed by atoms with van der Waals surface area (Å²) < 4.78 is 12.7. The molecule has 0 atom stereocenters. The van der Waals surface area contributed by atoms with Gasteiger partial charge in [0.05, 0.1) is 26.4 Å². The van der Waals surface area contributed by atoms with Gasteiger partial charge < -0.3 is 14.0 Å². The van der Waals surface area contributed by atoms with Gasteiger partial charge in [0.15, 0.2) is 0 Å². The molecule has 1 aromatic carbocycles. The van der Waals surface area contributed by atoms with Crippen molar-refractivity contribution in [2.24, 2.45) is 0 Å². The molecule has 0 N–H and O–H groups in total. The van der Waals surface area contributed by atoms with E-state index in [1.807, 2.05) is 18.3 Å². The number of nitrogens with zero attached hydrogens (tertiary/aromatic N) is 2. The molecular formula is C18H18N2O2. The Kier molecular flexibility index (Phi) is 3.31. The van der Waals surface area contributed by atoms with Gasteiger partial charge in [-0.1, -0.05) is 12.1 Å². The van der Waals surface area contributed by atoms with Crippen molar-refractivity contribution in [3.63, 3.8) is 0 Å². The number of fused-ring (bicyclic) bond motifs is 1.